The van der Waals surface area contributed by atoms with Gasteiger partial charge in [0.1, 0.15) is 12.2 Å². The normalized spacial score (nSPS) is 20.0. The quantitative estimate of drug-likeness (QED) is 0.827. The predicted octanol–water partition coefficient (Wildman–Crippen LogP) is 2.05. The van der Waals surface area contributed by atoms with Crippen LogP contribution in [0.25, 0.3) is 0 Å². The van der Waals surface area contributed by atoms with E-state index in [1.807, 2.05) is 6.33 Å². The number of aromatic nitrogens is 3. The molecular weight excluding hydrogens is 188 g/mol. The maximum atomic E-state index is 6.13. The van der Waals surface area contributed by atoms with Gasteiger partial charge in [-0.2, -0.15) is 0 Å². The first kappa shape index (κ1) is 10.6. The van der Waals surface area contributed by atoms with E-state index < -0.39 is 0 Å². The first-order chi connectivity index (χ1) is 7.20. The van der Waals surface area contributed by atoms with Crippen molar-refractivity contribution in [3.05, 3.63) is 12.2 Å². The molecule has 0 saturated heterocycles. The average molecular weight is 208 g/mol. The lowest BCUT2D eigenvalue weighted by molar-refractivity contribution is 0.426. The van der Waals surface area contributed by atoms with E-state index >= 15 is 0 Å². The third-order valence-corrected chi connectivity index (χ3v) is 3.34. The second kappa shape index (κ2) is 4.31. The van der Waals surface area contributed by atoms with Gasteiger partial charge in [0.25, 0.3) is 0 Å². The Morgan fingerprint density at radius 2 is 2.07 bits per heavy atom. The van der Waals surface area contributed by atoms with Crippen molar-refractivity contribution in [2.75, 3.05) is 0 Å². The molecule has 84 valence electrons. The molecule has 1 saturated carbocycles. The van der Waals surface area contributed by atoms with Gasteiger partial charge in [-0.05, 0) is 18.8 Å². The lowest BCUT2D eigenvalue weighted by atomic mass is 10.0. The summed E-state index contributed by atoms with van der Waals surface area (Å²) in [5.41, 5.74) is 6.13. The van der Waals surface area contributed by atoms with Crippen LogP contribution in [0, 0.1) is 5.92 Å². The maximum absolute atomic E-state index is 6.13. The summed E-state index contributed by atoms with van der Waals surface area (Å²) < 4.78 is 2.19. The van der Waals surface area contributed by atoms with Crippen LogP contribution in [0.15, 0.2) is 6.33 Å². The van der Waals surface area contributed by atoms with Crippen LogP contribution in [0.3, 0.4) is 0 Å². The zero-order valence-electron chi connectivity index (χ0n) is 9.56. The Bertz CT molecular complexity index is 296. The molecule has 1 fully saturated rings. The van der Waals surface area contributed by atoms with E-state index in [0.717, 1.165) is 5.82 Å². The molecule has 0 bridgehead atoms. The Morgan fingerprint density at radius 3 is 2.67 bits per heavy atom. The largest absolute Gasteiger partial charge is 0.321 e. The minimum atomic E-state index is 0.00750. The van der Waals surface area contributed by atoms with E-state index in [1.165, 1.54) is 25.7 Å². The van der Waals surface area contributed by atoms with E-state index in [2.05, 4.69) is 28.6 Å². The molecule has 1 atom stereocenters. The van der Waals surface area contributed by atoms with E-state index in [1.54, 1.807) is 0 Å². The summed E-state index contributed by atoms with van der Waals surface area (Å²) in [6.45, 7) is 4.25. The highest BCUT2D eigenvalue weighted by molar-refractivity contribution is 4.98. The summed E-state index contributed by atoms with van der Waals surface area (Å²) >= 11 is 0. The zero-order chi connectivity index (χ0) is 10.8. The molecule has 15 heavy (non-hydrogen) atoms. The van der Waals surface area contributed by atoms with E-state index in [-0.39, 0.29) is 6.04 Å². The van der Waals surface area contributed by atoms with Gasteiger partial charge >= 0.3 is 0 Å². The fourth-order valence-electron chi connectivity index (χ4n) is 2.25. The number of nitrogens with two attached hydrogens (primary N) is 1. The van der Waals surface area contributed by atoms with Crippen molar-refractivity contribution < 1.29 is 0 Å². The number of hydrogen-bond acceptors (Lipinski definition) is 3. The van der Waals surface area contributed by atoms with Gasteiger partial charge in [-0.3, -0.25) is 0 Å². The number of rotatable bonds is 3. The van der Waals surface area contributed by atoms with Crippen LogP contribution >= 0.6 is 0 Å². The van der Waals surface area contributed by atoms with Gasteiger partial charge < -0.3 is 10.3 Å². The van der Waals surface area contributed by atoms with Crippen LogP contribution in [0.4, 0.5) is 0 Å². The molecule has 1 aromatic rings. The van der Waals surface area contributed by atoms with Crippen molar-refractivity contribution in [1.82, 2.24) is 14.8 Å². The molecule has 0 aliphatic heterocycles. The van der Waals surface area contributed by atoms with E-state index in [4.69, 9.17) is 5.73 Å². The lowest BCUT2D eigenvalue weighted by Crippen LogP contribution is -2.22. The molecule has 4 nitrogen and oxygen atoms in total. The molecule has 2 rings (SSSR count). The molecular formula is C11H20N4. The summed E-state index contributed by atoms with van der Waals surface area (Å²) in [7, 11) is 0. The fraction of sp³-hybridized carbons (Fsp3) is 0.818. The summed E-state index contributed by atoms with van der Waals surface area (Å²) in [6, 6.07) is 0.591. The minimum absolute atomic E-state index is 0.00750. The van der Waals surface area contributed by atoms with Crippen LogP contribution in [0.1, 0.15) is 57.4 Å². The van der Waals surface area contributed by atoms with Crippen LogP contribution in [-0.2, 0) is 0 Å². The van der Waals surface area contributed by atoms with Crippen LogP contribution in [0.2, 0.25) is 0 Å². The Hall–Kier alpha value is -0.900. The monoisotopic (exact) mass is 208 g/mol. The van der Waals surface area contributed by atoms with Gasteiger partial charge in [-0.15, -0.1) is 10.2 Å². The standard InChI is InChI=1S/C11H20N4/c1-8(2)10(12)11-14-13-7-15(11)9-5-3-4-6-9/h7-10H,3-6,12H2,1-2H3. The summed E-state index contributed by atoms with van der Waals surface area (Å²) in [5.74, 6) is 1.37. The molecule has 1 aromatic heterocycles. The predicted molar refractivity (Wildman–Crippen MR) is 59.3 cm³/mol. The number of nitrogens with zero attached hydrogens (tertiary/aromatic N) is 3. The molecule has 2 N–H and O–H groups in total. The molecule has 0 amide bonds. The maximum Gasteiger partial charge on any atom is 0.150 e. The highest BCUT2D eigenvalue weighted by Gasteiger charge is 2.23. The van der Waals surface area contributed by atoms with E-state index in [9.17, 15) is 0 Å². The zero-order valence-corrected chi connectivity index (χ0v) is 9.56. The Kier molecular flexibility index (Phi) is 3.05. The van der Waals surface area contributed by atoms with Gasteiger partial charge in [0, 0.05) is 6.04 Å². The Balaban J connectivity index is 2.21. The topological polar surface area (TPSA) is 56.7 Å². The van der Waals surface area contributed by atoms with Crippen molar-refractivity contribution in [3.63, 3.8) is 0 Å². The second-order valence-electron chi connectivity index (χ2n) is 4.80. The molecule has 1 heterocycles. The van der Waals surface area contributed by atoms with Gasteiger partial charge in [-0.1, -0.05) is 26.7 Å². The molecule has 0 radical (unpaired) electrons. The van der Waals surface area contributed by atoms with Gasteiger partial charge in [0.2, 0.25) is 0 Å². The van der Waals surface area contributed by atoms with Gasteiger partial charge in [-0.25, -0.2) is 0 Å². The van der Waals surface area contributed by atoms with Crippen molar-refractivity contribution in [2.24, 2.45) is 11.7 Å². The highest BCUT2D eigenvalue weighted by atomic mass is 15.3. The Labute approximate surface area is 90.9 Å². The average Bonchev–Trinajstić information content (AvgIpc) is 2.86. The SMILES string of the molecule is CC(C)C(N)c1nncn1C1CCCC1. The first-order valence-corrected chi connectivity index (χ1v) is 5.85. The summed E-state index contributed by atoms with van der Waals surface area (Å²) in [4.78, 5) is 0. The summed E-state index contributed by atoms with van der Waals surface area (Å²) in [6.07, 6.45) is 6.97. The van der Waals surface area contributed by atoms with Crippen molar-refractivity contribution in [3.8, 4) is 0 Å². The van der Waals surface area contributed by atoms with Crippen LogP contribution in [-0.4, -0.2) is 14.8 Å². The minimum Gasteiger partial charge on any atom is -0.321 e. The molecule has 1 unspecified atom stereocenters. The van der Waals surface area contributed by atoms with Crippen molar-refractivity contribution in [1.29, 1.82) is 0 Å². The fourth-order valence-corrected chi connectivity index (χ4v) is 2.25. The second-order valence-corrected chi connectivity index (χ2v) is 4.80. The first-order valence-electron chi connectivity index (χ1n) is 5.85. The third kappa shape index (κ3) is 2.04. The smallest absolute Gasteiger partial charge is 0.150 e. The Morgan fingerprint density at radius 1 is 1.40 bits per heavy atom. The molecule has 0 spiro atoms. The van der Waals surface area contributed by atoms with Crippen LogP contribution < -0.4 is 5.73 Å². The summed E-state index contributed by atoms with van der Waals surface area (Å²) in [5, 5.41) is 8.17. The van der Waals surface area contributed by atoms with Crippen LogP contribution in [0.5, 0.6) is 0 Å². The van der Waals surface area contributed by atoms with Crippen molar-refractivity contribution >= 4 is 0 Å². The van der Waals surface area contributed by atoms with Gasteiger partial charge in [0.15, 0.2) is 0 Å². The van der Waals surface area contributed by atoms with Crippen molar-refractivity contribution in [2.45, 2.75) is 51.6 Å². The molecule has 1 aliphatic rings. The lowest BCUT2D eigenvalue weighted by Gasteiger charge is -2.19. The van der Waals surface area contributed by atoms with E-state index in [0.29, 0.717) is 12.0 Å². The molecule has 4 heteroatoms. The molecule has 1 aliphatic carbocycles. The number of hydrogen-bond donors (Lipinski definition) is 1. The van der Waals surface area contributed by atoms with Gasteiger partial charge in [0.05, 0.1) is 6.04 Å². The highest BCUT2D eigenvalue weighted by Crippen LogP contribution is 2.31. The third-order valence-electron chi connectivity index (χ3n) is 3.34. The molecule has 0 aromatic carbocycles.